The molecule has 0 aromatic heterocycles. The highest BCUT2D eigenvalue weighted by Gasteiger charge is 2.23. The summed E-state index contributed by atoms with van der Waals surface area (Å²) in [6.07, 6.45) is 0.691. The highest BCUT2D eigenvalue weighted by atomic mass is 19.1. The van der Waals surface area contributed by atoms with Crippen molar-refractivity contribution in [3.8, 4) is 0 Å². The van der Waals surface area contributed by atoms with E-state index in [1.807, 2.05) is 51.1 Å². The van der Waals surface area contributed by atoms with Crippen LogP contribution in [0.25, 0.3) is 0 Å². The first-order valence-electron chi connectivity index (χ1n) is 13.8. The first-order valence-corrected chi connectivity index (χ1v) is 13.8. The molecule has 0 fully saturated rings. The molecule has 0 saturated heterocycles. The number of aliphatic hydroxyl groups excluding tert-OH is 1. The Morgan fingerprint density at radius 1 is 0.825 bits per heavy atom. The van der Waals surface area contributed by atoms with E-state index in [1.54, 1.807) is 23.1 Å². The number of halogens is 2. The van der Waals surface area contributed by atoms with Crippen molar-refractivity contribution in [2.75, 3.05) is 26.2 Å². The third-order valence-electron chi connectivity index (χ3n) is 6.41. The molecule has 0 aliphatic carbocycles. The van der Waals surface area contributed by atoms with Gasteiger partial charge in [0, 0.05) is 56.5 Å². The summed E-state index contributed by atoms with van der Waals surface area (Å²) in [7, 11) is 0. The van der Waals surface area contributed by atoms with E-state index < -0.39 is 23.6 Å². The highest BCUT2D eigenvalue weighted by Crippen LogP contribution is 2.18. The van der Waals surface area contributed by atoms with Gasteiger partial charge in [0.1, 0.15) is 11.6 Å². The molecule has 40 heavy (non-hydrogen) atoms. The van der Waals surface area contributed by atoms with Crippen LogP contribution in [0.3, 0.4) is 0 Å². The molecule has 0 saturated carbocycles. The Bertz CT molecular complexity index is 1240. The predicted octanol–water partition coefficient (Wildman–Crippen LogP) is 5.33. The predicted molar refractivity (Wildman–Crippen MR) is 153 cm³/mol. The smallest absolute Gasteiger partial charge is 0.254 e. The Balaban J connectivity index is 1.83. The van der Waals surface area contributed by atoms with Gasteiger partial charge in [-0.05, 0) is 66.8 Å². The van der Waals surface area contributed by atoms with E-state index in [-0.39, 0.29) is 36.7 Å². The monoisotopic (exact) mass is 551 g/mol. The van der Waals surface area contributed by atoms with Gasteiger partial charge in [0.2, 0.25) is 0 Å². The maximum atomic E-state index is 13.9. The second-order valence-corrected chi connectivity index (χ2v) is 10.1. The molecule has 8 heteroatoms. The summed E-state index contributed by atoms with van der Waals surface area (Å²) in [6.45, 7) is 7.61. The number of hydrogen-bond donors (Lipinski definition) is 2. The number of hydrogen-bond acceptors (Lipinski definition) is 4. The summed E-state index contributed by atoms with van der Waals surface area (Å²) in [4.78, 5) is 30.2. The number of aryl methyl sites for hydroxylation is 1. The quantitative estimate of drug-likeness (QED) is 0.284. The van der Waals surface area contributed by atoms with Crippen LogP contribution in [-0.4, -0.2) is 59.0 Å². The number of carbonyl (C=O) groups excluding carboxylic acids is 2. The number of nitrogens with zero attached hydrogens (tertiary/aromatic N) is 2. The van der Waals surface area contributed by atoms with Crippen LogP contribution in [0.15, 0.2) is 66.7 Å². The normalized spacial score (nSPS) is 11.8. The van der Waals surface area contributed by atoms with Crippen LogP contribution < -0.4 is 5.32 Å². The molecule has 0 aliphatic heterocycles. The minimum Gasteiger partial charge on any atom is -0.390 e. The number of aliphatic hydroxyl groups is 1. The first kappa shape index (κ1) is 30.9. The van der Waals surface area contributed by atoms with Crippen molar-refractivity contribution in [1.82, 2.24) is 15.1 Å². The van der Waals surface area contributed by atoms with Crippen LogP contribution in [0.5, 0.6) is 0 Å². The average Bonchev–Trinajstić information content (AvgIpc) is 2.91. The number of rotatable bonds is 14. The largest absolute Gasteiger partial charge is 0.390 e. The standard InChI is InChI=1S/C32H39F2N3O3/c1-4-11-36(12-5-2)31(39)26-13-23(3)14-27(17-26)32(40)37(21-25-15-28(33)18-29(34)16-25)22-30(38)20-35-19-24-9-7-6-8-10-24/h6-10,13-18,30,35,38H,4-5,11-12,19-22H2,1-3H3/t30-/m1/s1. The van der Waals surface area contributed by atoms with Crippen LogP contribution in [0.4, 0.5) is 8.78 Å². The van der Waals surface area contributed by atoms with Gasteiger partial charge >= 0.3 is 0 Å². The number of benzene rings is 3. The maximum Gasteiger partial charge on any atom is 0.254 e. The van der Waals surface area contributed by atoms with E-state index in [4.69, 9.17) is 0 Å². The van der Waals surface area contributed by atoms with Gasteiger partial charge in [-0.15, -0.1) is 0 Å². The molecule has 3 aromatic rings. The van der Waals surface area contributed by atoms with Gasteiger partial charge < -0.3 is 20.2 Å². The Hall–Kier alpha value is -3.62. The first-order chi connectivity index (χ1) is 19.2. The average molecular weight is 552 g/mol. The molecule has 0 radical (unpaired) electrons. The molecule has 1 atom stereocenters. The van der Waals surface area contributed by atoms with Gasteiger partial charge in [-0.1, -0.05) is 44.2 Å². The Labute approximate surface area is 235 Å². The molecule has 6 nitrogen and oxygen atoms in total. The maximum absolute atomic E-state index is 13.9. The molecule has 0 spiro atoms. The van der Waals surface area contributed by atoms with Crippen LogP contribution >= 0.6 is 0 Å². The fourth-order valence-electron chi connectivity index (χ4n) is 4.69. The van der Waals surface area contributed by atoms with Crippen molar-refractivity contribution in [2.45, 2.75) is 52.8 Å². The molecule has 0 aliphatic rings. The molecular weight excluding hydrogens is 512 g/mol. The molecule has 2 N–H and O–H groups in total. The van der Waals surface area contributed by atoms with Crippen LogP contribution in [-0.2, 0) is 13.1 Å². The lowest BCUT2D eigenvalue weighted by Crippen LogP contribution is -2.41. The van der Waals surface area contributed by atoms with Crippen molar-refractivity contribution in [3.05, 3.63) is 106 Å². The summed E-state index contributed by atoms with van der Waals surface area (Å²) in [5, 5.41) is 14.0. The van der Waals surface area contributed by atoms with Crippen molar-refractivity contribution in [3.63, 3.8) is 0 Å². The Kier molecular flexibility index (Phi) is 11.8. The summed E-state index contributed by atoms with van der Waals surface area (Å²) in [6, 6.07) is 17.8. The summed E-state index contributed by atoms with van der Waals surface area (Å²) in [5.74, 6) is -2.09. The van der Waals surface area contributed by atoms with Crippen molar-refractivity contribution >= 4 is 11.8 Å². The van der Waals surface area contributed by atoms with E-state index in [1.165, 1.54) is 17.0 Å². The highest BCUT2D eigenvalue weighted by molar-refractivity contribution is 6.00. The minimum atomic E-state index is -0.943. The molecule has 3 rings (SSSR count). The van der Waals surface area contributed by atoms with Gasteiger partial charge in [-0.25, -0.2) is 8.78 Å². The zero-order valence-corrected chi connectivity index (χ0v) is 23.5. The van der Waals surface area contributed by atoms with Gasteiger partial charge in [-0.2, -0.15) is 0 Å². The van der Waals surface area contributed by atoms with Crippen molar-refractivity contribution in [2.24, 2.45) is 0 Å². The number of amides is 2. The van der Waals surface area contributed by atoms with Crippen LogP contribution in [0.2, 0.25) is 0 Å². The summed E-state index contributed by atoms with van der Waals surface area (Å²) >= 11 is 0. The molecular formula is C32H39F2N3O3. The lowest BCUT2D eigenvalue weighted by molar-refractivity contribution is 0.0603. The zero-order chi connectivity index (χ0) is 29.1. The second kappa shape index (κ2) is 15.2. The molecule has 2 amide bonds. The fraction of sp³-hybridized carbons (Fsp3) is 0.375. The molecule has 0 heterocycles. The number of nitrogens with one attached hydrogen (secondary N) is 1. The van der Waals surface area contributed by atoms with Gasteiger partial charge in [0.05, 0.1) is 6.10 Å². The SMILES string of the molecule is CCCN(CCC)C(=O)c1cc(C)cc(C(=O)N(Cc2cc(F)cc(F)c2)C[C@H](O)CNCc2ccccc2)c1. The molecule has 0 bridgehead atoms. The van der Waals surface area contributed by atoms with Gasteiger partial charge in [-0.3, -0.25) is 9.59 Å². The van der Waals surface area contributed by atoms with Crippen LogP contribution in [0, 0.1) is 18.6 Å². The third kappa shape index (κ3) is 9.24. The molecule has 214 valence electrons. The van der Waals surface area contributed by atoms with E-state index in [0.29, 0.717) is 25.2 Å². The third-order valence-corrected chi connectivity index (χ3v) is 6.41. The summed E-state index contributed by atoms with van der Waals surface area (Å²) < 4.78 is 27.9. The van der Waals surface area contributed by atoms with Crippen molar-refractivity contribution in [1.29, 1.82) is 0 Å². The number of carbonyl (C=O) groups is 2. The lowest BCUT2D eigenvalue weighted by atomic mass is 10.0. The Morgan fingerprint density at radius 3 is 1.98 bits per heavy atom. The molecule has 3 aromatic carbocycles. The van der Waals surface area contributed by atoms with E-state index in [9.17, 15) is 23.5 Å². The van der Waals surface area contributed by atoms with E-state index >= 15 is 0 Å². The van der Waals surface area contributed by atoms with E-state index in [0.717, 1.165) is 30.0 Å². The van der Waals surface area contributed by atoms with E-state index in [2.05, 4.69) is 5.32 Å². The fourth-order valence-corrected chi connectivity index (χ4v) is 4.69. The topological polar surface area (TPSA) is 72.9 Å². The minimum absolute atomic E-state index is 0.0756. The molecule has 0 unspecified atom stereocenters. The zero-order valence-electron chi connectivity index (χ0n) is 23.5. The lowest BCUT2D eigenvalue weighted by Gasteiger charge is -2.27. The van der Waals surface area contributed by atoms with Gasteiger partial charge in [0.15, 0.2) is 0 Å². The Morgan fingerprint density at radius 2 is 1.40 bits per heavy atom. The van der Waals surface area contributed by atoms with Gasteiger partial charge in [0.25, 0.3) is 11.8 Å². The van der Waals surface area contributed by atoms with Crippen LogP contribution in [0.1, 0.15) is 64.1 Å². The second-order valence-electron chi connectivity index (χ2n) is 10.1. The van der Waals surface area contributed by atoms with Crippen molar-refractivity contribution < 1.29 is 23.5 Å². The summed E-state index contributed by atoms with van der Waals surface area (Å²) in [5.41, 5.74) is 2.74.